The average molecular weight is 256 g/mol. The first-order chi connectivity index (χ1) is 9.33. The zero-order chi connectivity index (χ0) is 13.1. The highest BCUT2D eigenvalue weighted by molar-refractivity contribution is 5.61. The molecule has 2 unspecified atom stereocenters. The molecule has 2 aromatic rings. The van der Waals surface area contributed by atoms with E-state index in [-0.39, 0.29) is 0 Å². The summed E-state index contributed by atoms with van der Waals surface area (Å²) in [6.07, 6.45) is 10.2. The summed E-state index contributed by atoms with van der Waals surface area (Å²) >= 11 is 0. The van der Waals surface area contributed by atoms with Crippen molar-refractivity contribution in [2.45, 2.75) is 37.8 Å². The predicted molar refractivity (Wildman–Crippen MR) is 77.4 cm³/mol. The van der Waals surface area contributed by atoms with Crippen LogP contribution in [0.4, 0.5) is 5.69 Å². The van der Waals surface area contributed by atoms with Crippen LogP contribution in [-0.2, 0) is 0 Å². The monoisotopic (exact) mass is 256 g/mol. The molecule has 1 fully saturated rings. The van der Waals surface area contributed by atoms with E-state index in [4.69, 9.17) is 5.73 Å². The van der Waals surface area contributed by atoms with E-state index in [1.165, 1.54) is 12.8 Å². The summed E-state index contributed by atoms with van der Waals surface area (Å²) in [5.74, 6) is 0. The fourth-order valence-electron chi connectivity index (χ4n) is 2.80. The predicted octanol–water partition coefficient (Wildman–Crippen LogP) is 2.55. The number of imidazole rings is 1. The summed E-state index contributed by atoms with van der Waals surface area (Å²) in [5, 5.41) is 3.64. The largest absolute Gasteiger partial charge is 0.381 e. The van der Waals surface area contributed by atoms with Gasteiger partial charge >= 0.3 is 0 Å². The molecule has 1 aliphatic rings. The van der Waals surface area contributed by atoms with Gasteiger partial charge in [0.1, 0.15) is 0 Å². The van der Waals surface area contributed by atoms with Crippen molar-refractivity contribution in [3.05, 3.63) is 43.0 Å². The Balaban J connectivity index is 1.81. The number of nitrogens with two attached hydrogens (primary N) is 1. The van der Waals surface area contributed by atoms with Gasteiger partial charge < -0.3 is 15.6 Å². The molecule has 0 spiro atoms. The molecule has 0 aliphatic heterocycles. The summed E-state index contributed by atoms with van der Waals surface area (Å²) in [7, 11) is 0. The van der Waals surface area contributed by atoms with Crippen molar-refractivity contribution in [1.82, 2.24) is 9.55 Å². The quantitative estimate of drug-likeness (QED) is 0.887. The highest BCUT2D eigenvalue weighted by Crippen LogP contribution is 2.25. The van der Waals surface area contributed by atoms with E-state index >= 15 is 0 Å². The molecule has 1 aromatic carbocycles. The third-order valence-electron chi connectivity index (χ3n) is 3.76. The van der Waals surface area contributed by atoms with Crippen LogP contribution < -0.4 is 11.1 Å². The number of aromatic nitrogens is 2. The molecule has 2 atom stereocenters. The number of nitrogens with zero attached hydrogens (tertiary/aromatic N) is 2. The first-order valence-corrected chi connectivity index (χ1v) is 6.92. The molecule has 3 rings (SSSR count). The Kier molecular flexibility index (Phi) is 3.51. The van der Waals surface area contributed by atoms with Crippen molar-refractivity contribution in [3.63, 3.8) is 0 Å². The molecule has 19 heavy (non-hydrogen) atoms. The van der Waals surface area contributed by atoms with Gasteiger partial charge in [0.25, 0.3) is 0 Å². The second-order valence-corrected chi connectivity index (χ2v) is 5.26. The first-order valence-electron chi connectivity index (χ1n) is 6.92. The maximum Gasteiger partial charge on any atom is 0.0992 e. The SMILES string of the molecule is NC1CCCC(Nc2ccccc2-n2ccnc2)C1. The van der Waals surface area contributed by atoms with Crippen LogP contribution in [0.1, 0.15) is 25.7 Å². The second kappa shape index (κ2) is 5.45. The maximum atomic E-state index is 6.06. The highest BCUT2D eigenvalue weighted by Gasteiger charge is 2.19. The van der Waals surface area contributed by atoms with Gasteiger partial charge in [0, 0.05) is 24.5 Å². The summed E-state index contributed by atoms with van der Waals surface area (Å²) in [6, 6.07) is 9.15. The molecule has 1 saturated carbocycles. The lowest BCUT2D eigenvalue weighted by molar-refractivity contribution is 0.409. The van der Waals surface area contributed by atoms with E-state index in [2.05, 4.69) is 28.5 Å². The standard InChI is InChI=1S/C15H20N4/c16-12-4-3-5-13(10-12)18-14-6-1-2-7-15(14)19-9-8-17-11-19/h1-2,6-9,11-13,18H,3-5,10,16H2. The Morgan fingerprint density at radius 1 is 1.26 bits per heavy atom. The zero-order valence-corrected chi connectivity index (χ0v) is 11.0. The second-order valence-electron chi connectivity index (χ2n) is 5.26. The van der Waals surface area contributed by atoms with Gasteiger partial charge in [0.15, 0.2) is 0 Å². The van der Waals surface area contributed by atoms with E-state index in [1.54, 1.807) is 6.20 Å². The van der Waals surface area contributed by atoms with Gasteiger partial charge in [-0.15, -0.1) is 0 Å². The summed E-state index contributed by atoms with van der Waals surface area (Å²) in [5.41, 5.74) is 8.35. The van der Waals surface area contributed by atoms with Crippen molar-refractivity contribution >= 4 is 5.69 Å². The van der Waals surface area contributed by atoms with Gasteiger partial charge in [0.2, 0.25) is 0 Å². The topological polar surface area (TPSA) is 55.9 Å². The lowest BCUT2D eigenvalue weighted by atomic mass is 9.91. The van der Waals surface area contributed by atoms with E-state index in [1.807, 2.05) is 23.2 Å². The molecule has 4 nitrogen and oxygen atoms in total. The number of hydrogen-bond acceptors (Lipinski definition) is 3. The minimum Gasteiger partial charge on any atom is -0.381 e. The first kappa shape index (κ1) is 12.2. The number of anilines is 1. The Morgan fingerprint density at radius 3 is 2.95 bits per heavy atom. The van der Waals surface area contributed by atoms with Crippen LogP contribution in [0.3, 0.4) is 0 Å². The van der Waals surface area contributed by atoms with Gasteiger partial charge in [-0.1, -0.05) is 12.1 Å². The summed E-state index contributed by atoms with van der Waals surface area (Å²) in [6.45, 7) is 0. The third-order valence-corrected chi connectivity index (χ3v) is 3.76. The van der Waals surface area contributed by atoms with E-state index in [0.717, 1.165) is 24.2 Å². The Morgan fingerprint density at radius 2 is 2.16 bits per heavy atom. The van der Waals surface area contributed by atoms with Crippen molar-refractivity contribution in [2.24, 2.45) is 5.73 Å². The molecule has 1 aliphatic carbocycles. The van der Waals surface area contributed by atoms with Crippen LogP contribution in [0.2, 0.25) is 0 Å². The van der Waals surface area contributed by atoms with Crippen LogP contribution in [0.25, 0.3) is 5.69 Å². The molecule has 0 saturated heterocycles. The molecule has 0 radical (unpaired) electrons. The molecule has 1 heterocycles. The van der Waals surface area contributed by atoms with E-state index in [0.29, 0.717) is 12.1 Å². The van der Waals surface area contributed by atoms with Crippen molar-refractivity contribution in [3.8, 4) is 5.69 Å². The van der Waals surface area contributed by atoms with Gasteiger partial charge in [0.05, 0.1) is 17.7 Å². The fraction of sp³-hybridized carbons (Fsp3) is 0.400. The van der Waals surface area contributed by atoms with Gasteiger partial charge in [-0.3, -0.25) is 0 Å². The van der Waals surface area contributed by atoms with Crippen molar-refractivity contribution in [2.75, 3.05) is 5.32 Å². The number of hydrogen-bond donors (Lipinski definition) is 2. The van der Waals surface area contributed by atoms with Crippen LogP contribution in [0.15, 0.2) is 43.0 Å². The fourth-order valence-corrected chi connectivity index (χ4v) is 2.80. The van der Waals surface area contributed by atoms with Crippen LogP contribution >= 0.6 is 0 Å². The number of para-hydroxylation sites is 2. The smallest absolute Gasteiger partial charge is 0.0992 e. The molecule has 3 N–H and O–H groups in total. The lowest BCUT2D eigenvalue weighted by Crippen LogP contribution is -2.35. The molecule has 0 bridgehead atoms. The molecule has 1 aromatic heterocycles. The summed E-state index contributed by atoms with van der Waals surface area (Å²) in [4.78, 5) is 4.11. The Labute approximate surface area is 113 Å². The molecule has 100 valence electrons. The van der Waals surface area contributed by atoms with E-state index < -0.39 is 0 Å². The normalized spacial score (nSPS) is 23.2. The average Bonchev–Trinajstić information content (AvgIpc) is 2.93. The van der Waals surface area contributed by atoms with Crippen molar-refractivity contribution in [1.29, 1.82) is 0 Å². The van der Waals surface area contributed by atoms with Crippen LogP contribution in [0, 0.1) is 0 Å². The third kappa shape index (κ3) is 2.79. The Bertz CT molecular complexity index is 521. The molecule has 0 amide bonds. The number of benzene rings is 1. The number of nitrogens with one attached hydrogen (secondary N) is 1. The molecule has 4 heteroatoms. The van der Waals surface area contributed by atoms with Gasteiger partial charge in [-0.05, 0) is 37.8 Å². The molecular weight excluding hydrogens is 236 g/mol. The van der Waals surface area contributed by atoms with Gasteiger partial charge in [-0.2, -0.15) is 0 Å². The summed E-state index contributed by atoms with van der Waals surface area (Å²) < 4.78 is 2.03. The minimum absolute atomic E-state index is 0.339. The van der Waals surface area contributed by atoms with Crippen LogP contribution in [-0.4, -0.2) is 21.6 Å². The van der Waals surface area contributed by atoms with E-state index in [9.17, 15) is 0 Å². The zero-order valence-electron chi connectivity index (χ0n) is 11.0. The van der Waals surface area contributed by atoms with Gasteiger partial charge in [-0.25, -0.2) is 4.98 Å². The maximum absolute atomic E-state index is 6.06. The molecular formula is C15H20N4. The lowest BCUT2D eigenvalue weighted by Gasteiger charge is -2.29. The Hall–Kier alpha value is -1.81. The van der Waals surface area contributed by atoms with Crippen LogP contribution in [0.5, 0.6) is 0 Å². The van der Waals surface area contributed by atoms with Crippen molar-refractivity contribution < 1.29 is 0 Å². The number of rotatable bonds is 3. The highest BCUT2D eigenvalue weighted by atomic mass is 15.1. The minimum atomic E-state index is 0.339.